The van der Waals surface area contributed by atoms with Crippen LogP contribution in [0.3, 0.4) is 0 Å². The van der Waals surface area contributed by atoms with Crippen LogP contribution in [0, 0.1) is 13.8 Å². The van der Waals surface area contributed by atoms with Crippen LogP contribution >= 0.6 is 0 Å². The lowest BCUT2D eigenvalue weighted by Gasteiger charge is -2.08. The molecule has 3 aromatic carbocycles. The minimum Gasteiger partial charge on any atom is -0.437 e. The van der Waals surface area contributed by atoms with E-state index in [2.05, 4.69) is 28.8 Å². The van der Waals surface area contributed by atoms with Gasteiger partial charge in [-0.05, 0) is 42.1 Å². The number of benzene rings is 3. The van der Waals surface area contributed by atoms with Crippen molar-refractivity contribution in [1.82, 2.24) is 4.98 Å². The third kappa shape index (κ3) is 2.75. The van der Waals surface area contributed by atoms with E-state index in [9.17, 15) is 0 Å². The van der Waals surface area contributed by atoms with Crippen LogP contribution in [0.2, 0.25) is 0 Å². The molecule has 0 radical (unpaired) electrons. The number of hydrogen-bond donors (Lipinski definition) is 0. The molecule has 0 unspecified atom stereocenters. The van der Waals surface area contributed by atoms with Crippen LogP contribution < -0.4 is 4.57 Å². The van der Waals surface area contributed by atoms with Crippen LogP contribution in [0.4, 0.5) is 0 Å². The Labute approximate surface area is 190 Å². The summed E-state index contributed by atoms with van der Waals surface area (Å²) < 4.78 is 33.4. The van der Waals surface area contributed by atoms with E-state index >= 15 is 0 Å². The van der Waals surface area contributed by atoms with Gasteiger partial charge in [0, 0.05) is 27.0 Å². The first kappa shape index (κ1) is 15.8. The van der Waals surface area contributed by atoms with Gasteiger partial charge in [0.15, 0.2) is 11.8 Å². The number of aromatic nitrogens is 2. The van der Waals surface area contributed by atoms with Crippen LogP contribution in [0.5, 0.6) is 0 Å². The van der Waals surface area contributed by atoms with E-state index in [1.165, 1.54) is 0 Å². The fourth-order valence-corrected chi connectivity index (χ4v) is 4.54. The molecule has 0 amide bonds. The summed E-state index contributed by atoms with van der Waals surface area (Å²) in [6.45, 7) is -0.272. The molecule has 0 aliphatic carbocycles. The van der Waals surface area contributed by atoms with Crippen LogP contribution in [0.1, 0.15) is 15.2 Å². The van der Waals surface area contributed by atoms with E-state index in [0.717, 1.165) is 33.3 Å². The van der Waals surface area contributed by atoms with Gasteiger partial charge < -0.3 is 4.42 Å². The van der Waals surface area contributed by atoms with E-state index in [1.54, 1.807) is 0 Å². The zero-order valence-corrected chi connectivity index (χ0v) is 17.9. The molecular weight excluding hydrogens is 392 g/mol. The highest BCUT2D eigenvalue weighted by Gasteiger charge is 2.23. The molecule has 0 bridgehead atoms. The van der Waals surface area contributed by atoms with E-state index in [0.29, 0.717) is 27.6 Å². The zero-order valence-electron chi connectivity index (χ0n) is 20.9. The summed E-state index contributed by atoms with van der Waals surface area (Å²) >= 11 is 0. The number of rotatable bonds is 2. The lowest BCUT2D eigenvalue weighted by Crippen LogP contribution is -2.30. The Bertz CT molecular complexity index is 1750. The SMILES string of the molecule is [2H]C([2H])([2H])c1c2ccccc2nc2oc3c(-c4cc(-c5ccccc5)cc[n+]4C)c(C)ccc3c12. The monoisotopic (exact) mass is 418 g/mol. The molecular formula is C29H23N2O+. The van der Waals surface area contributed by atoms with Gasteiger partial charge in [-0.15, -0.1) is 0 Å². The molecule has 32 heavy (non-hydrogen) atoms. The third-order valence-corrected chi connectivity index (χ3v) is 6.21. The minimum absolute atomic E-state index is 0.286. The van der Waals surface area contributed by atoms with Gasteiger partial charge >= 0.3 is 0 Å². The average molecular weight is 419 g/mol. The van der Waals surface area contributed by atoms with Crippen LogP contribution in [-0.4, -0.2) is 4.98 Å². The molecule has 0 aliphatic heterocycles. The summed E-state index contributed by atoms with van der Waals surface area (Å²) in [5.41, 5.74) is 7.06. The molecule has 0 fully saturated rings. The second-order valence-electron chi connectivity index (χ2n) is 8.20. The summed E-state index contributed by atoms with van der Waals surface area (Å²) in [7, 11) is 2.01. The topological polar surface area (TPSA) is 29.9 Å². The number of hydrogen-bond acceptors (Lipinski definition) is 2. The molecule has 3 heteroatoms. The number of fused-ring (bicyclic) bond motifs is 4. The molecule has 3 heterocycles. The predicted octanol–water partition coefficient (Wildman–Crippen LogP) is 6.91. The summed E-state index contributed by atoms with van der Waals surface area (Å²) in [6, 6.07) is 25.8. The molecule has 154 valence electrons. The Morgan fingerprint density at radius 1 is 0.875 bits per heavy atom. The van der Waals surface area contributed by atoms with Crippen molar-refractivity contribution in [3.63, 3.8) is 0 Å². The zero-order chi connectivity index (χ0) is 24.3. The molecule has 3 nitrogen and oxygen atoms in total. The first-order valence-corrected chi connectivity index (χ1v) is 10.6. The van der Waals surface area contributed by atoms with Crippen LogP contribution in [0.15, 0.2) is 89.5 Å². The molecule has 0 N–H and O–H groups in total. The average Bonchev–Trinajstić information content (AvgIpc) is 3.20. The lowest BCUT2D eigenvalue weighted by atomic mass is 9.97. The van der Waals surface area contributed by atoms with Crippen molar-refractivity contribution in [2.75, 3.05) is 0 Å². The van der Waals surface area contributed by atoms with Crippen molar-refractivity contribution in [2.24, 2.45) is 7.05 Å². The molecule has 6 aromatic rings. The molecule has 0 saturated heterocycles. The van der Waals surface area contributed by atoms with Crippen molar-refractivity contribution in [3.8, 4) is 22.4 Å². The normalized spacial score (nSPS) is 13.4. The number of pyridine rings is 2. The first-order chi connectivity index (χ1) is 16.8. The van der Waals surface area contributed by atoms with Crippen molar-refractivity contribution < 1.29 is 13.1 Å². The minimum atomic E-state index is -2.32. The smallest absolute Gasteiger partial charge is 0.228 e. The highest BCUT2D eigenvalue weighted by atomic mass is 16.3. The van der Waals surface area contributed by atoms with Gasteiger partial charge in [0.05, 0.1) is 16.5 Å². The van der Waals surface area contributed by atoms with Crippen molar-refractivity contribution in [3.05, 3.63) is 96.2 Å². The Morgan fingerprint density at radius 2 is 1.69 bits per heavy atom. The van der Waals surface area contributed by atoms with E-state index in [1.807, 2.05) is 74.8 Å². The molecule has 0 saturated carbocycles. The summed E-state index contributed by atoms with van der Waals surface area (Å²) in [6.07, 6.45) is 2.04. The number of furan rings is 1. The molecule has 0 atom stereocenters. The van der Waals surface area contributed by atoms with Crippen LogP contribution in [0.25, 0.3) is 55.4 Å². The van der Waals surface area contributed by atoms with Gasteiger partial charge in [0.1, 0.15) is 7.05 Å². The highest BCUT2D eigenvalue weighted by Crippen LogP contribution is 2.39. The van der Waals surface area contributed by atoms with Gasteiger partial charge in [-0.1, -0.05) is 60.7 Å². The summed E-state index contributed by atoms with van der Waals surface area (Å²) in [4.78, 5) is 4.72. The van der Waals surface area contributed by atoms with E-state index in [-0.39, 0.29) is 5.56 Å². The third-order valence-electron chi connectivity index (χ3n) is 6.21. The Hall–Kier alpha value is -3.98. The predicted molar refractivity (Wildman–Crippen MR) is 131 cm³/mol. The van der Waals surface area contributed by atoms with Crippen molar-refractivity contribution in [2.45, 2.75) is 13.8 Å². The van der Waals surface area contributed by atoms with E-state index < -0.39 is 6.85 Å². The Morgan fingerprint density at radius 3 is 2.53 bits per heavy atom. The summed E-state index contributed by atoms with van der Waals surface area (Å²) in [5, 5.41) is 1.94. The van der Waals surface area contributed by atoms with Gasteiger partial charge in [0.25, 0.3) is 0 Å². The number of nitrogens with zero attached hydrogens (tertiary/aromatic N) is 2. The Kier molecular flexibility index (Phi) is 3.46. The maximum absolute atomic E-state index is 8.33. The first-order valence-electron chi connectivity index (χ1n) is 12.1. The highest BCUT2D eigenvalue weighted by molar-refractivity contribution is 6.13. The van der Waals surface area contributed by atoms with Crippen LogP contribution in [-0.2, 0) is 7.05 Å². The van der Waals surface area contributed by atoms with Gasteiger partial charge in [0.2, 0.25) is 11.4 Å². The number of para-hydroxylation sites is 1. The van der Waals surface area contributed by atoms with Gasteiger partial charge in [-0.25, -0.2) is 9.55 Å². The molecule has 0 spiro atoms. The quantitative estimate of drug-likeness (QED) is 0.286. The largest absolute Gasteiger partial charge is 0.437 e. The van der Waals surface area contributed by atoms with Gasteiger partial charge in [-0.2, -0.15) is 0 Å². The lowest BCUT2D eigenvalue weighted by molar-refractivity contribution is -0.660. The molecule has 3 aromatic heterocycles. The Balaban J connectivity index is 1.72. The van der Waals surface area contributed by atoms with Gasteiger partial charge in [-0.3, -0.25) is 0 Å². The molecule has 6 rings (SSSR count). The molecule has 0 aliphatic rings. The second-order valence-corrected chi connectivity index (χ2v) is 8.20. The second kappa shape index (κ2) is 7.03. The number of aryl methyl sites for hydroxylation is 3. The fourth-order valence-electron chi connectivity index (χ4n) is 4.54. The van der Waals surface area contributed by atoms with Crippen molar-refractivity contribution >= 4 is 33.0 Å². The van der Waals surface area contributed by atoms with E-state index in [4.69, 9.17) is 13.5 Å². The fraction of sp³-hybridized carbons (Fsp3) is 0.103. The maximum atomic E-state index is 8.33. The standard InChI is InChI=1S/C29H23N2O/c1-18-13-14-23-27-19(2)22-11-7-8-12-24(22)30-29(27)32-28(23)26(18)25-17-21(15-16-31(25)3)20-9-5-4-6-10-20/h4-17H,1-3H3/q+1/i2D3. The summed E-state index contributed by atoms with van der Waals surface area (Å²) in [5.74, 6) is 0. The maximum Gasteiger partial charge on any atom is 0.228 e. The van der Waals surface area contributed by atoms with Crippen molar-refractivity contribution in [1.29, 1.82) is 0 Å².